The first-order valence-corrected chi connectivity index (χ1v) is 10.6. The fourth-order valence-corrected chi connectivity index (χ4v) is 4.62. The summed E-state index contributed by atoms with van der Waals surface area (Å²) in [4.78, 5) is 18.3. The molecule has 1 aliphatic rings. The third kappa shape index (κ3) is 3.86. The van der Waals surface area contributed by atoms with E-state index in [9.17, 15) is 13.6 Å². The van der Waals surface area contributed by atoms with Crippen LogP contribution in [0.1, 0.15) is 40.4 Å². The molecule has 3 heterocycles. The molecule has 0 saturated carbocycles. The van der Waals surface area contributed by atoms with Crippen molar-refractivity contribution < 1.29 is 18.3 Å². The molecule has 3 aromatic rings. The quantitative estimate of drug-likeness (QED) is 0.507. The van der Waals surface area contributed by atoms with Crippen molar-refractivity contribution in [2.45, 2.75) is 25.3 Å². The lowest BCUT2D eigenvalue weighted by Crippen LogP contribution is -2.33. The Kier molecular flexibility index (Phi) is 5.88. The number of piperidine rings is 1. The lowest BCUT2D eigenvalue weighted by Gasteiger charge is -2.32. The van der Waals surface area contributed by atoms with E-state index in [1.54, 1.807) is 6.20 Å². The number of carbonyl (C=O) groups is 1. The third-order valence-corrected chi connectivity index (χ3v) is 6.55. The molecule has 0 bridgehead atoms. The summed E-state index contributed by atoms with van der Waals surface area (Å²) in [5.74, 6) is -2.32. The second kappa shape index (κ2) is 8.43. The van der Waals surface area contributed by atoms with Crippen LogP contribution in [0.3, 0.4) is 0 Å². The predicted octanol–water partition coefficient (Wildman–Crippen LogP) is 4.78. The van der Waals surface area contributed by atoms with Crippen molar-refractivity contribution in [3.63, 3.8) is 0 Å². The van der Waals surface area contributed by atoms with Gasteiger partial charge in [0.15, 0.2) is 0 Å². The minimum absolute atomic E-state index is 0.0695. The van der Waals surface area contributed by atoms with Crippen LogP contribution in [0.5, 0.6) is 0 Å². The number of hydrogen-bond acceptors (Lipinski definition) is 4. The second-order valence-electron chi connectivity index (χ2n) is 7.62. The highest BCUT2D eigenvalue weighted by molar-refractivity contribution is 9.10. The first kappa shape index (κ1) is 20.9. The second-order valence-corrected chi connectivity index (χ2v) is 8.47. The van der Waals surface area contributed by atoms with Gasteiger partial charge in [-0.2, -0.15) is 0 Å². The topological polar surface area (TPSA) is 47.4 Å². The fourth-order valence-electron chi connectivity index (χ4n) is 4.21. The predicted molar refractivity (Wildman–Crippen MR) is 113 cm³/mol. The number of benzene rings is 1. The molecule has 1 fully saturated rings. The summed E-state index contributed by atoms with van der Waals surface area (Å²) in [6.45, 7) is 2.22. The number of hydrogen-bond donors (Lipinski definition) is 0. The Hall–Kier alpha value is -2.32. The molecule has 158 valence electrons. The highest BCUT2D eigenvalue weighted by atomic mass is 79.9. The molecule has 2 aromatic heterocycles. The molecule has 0 radical (unpaired) electrons. The number of carbonyl (C=O) groups excluding carboxylic acids is 1. The Morgan fingerprint density at radius 3 is 2.50 bits per heavy atom. The molecule has 1 aromatic carbocycles. The lowest BCUT2D eigenvalue weighted by atomic mass is 9.88. The number of likely N-dealkylation sites (tertiary alicyclic amines) is 1. The Morgan fingerprint density at radius 1 is 1.23 bits per heavy atom. The molecule has 5 nitrogen and oxygen atoms in total. The van der Waals surface area contributed by atoms with Gasteiger partial charge < -0.3 is 9.30 Å². The number of halogens is 3. The first-order valence-electron chi connectivity index (χ1n) is 9.77. The molecular weight excluding hydrogens is 456 g/mol. The Balaban J connectivity index is 1.47. The summed E-state index contributed by atoms with van der Waals surface area (Å²) in [5, 5.41) is 1.07. The number of esters is 1. The number of methoxy groups -OCH3 is 1. The molecule has 4 rings (SSSR count). The van der Waals surface area contributed by atoms with Crippen molar-refractivity contribution in [2.24, 2.45) is 7.05 Å². The van der Waals surface area contributed by atoms with E-state index in [1.807, 2.05) is 13.1 Å². The van der Waals surface area contributed by atoms with Crippen LogP contribution in [-0.2, 0) is 18.3 Å². The van der Waals surface area contributed by atoms with Gasteiger partial charge in [0.25, 0.3) is 0 Å². The van der Waals surface area contributed by atoms with Crippen molar-refractivity contribution in [1.29, 1.82) is 0 Å². The maximum absolute atomic E-state index is 14.6. The van der Waals surface area contributed by atoms with Crippen LogP contribution in [0.15, 0.2) is 34.9 Å². The molecule has 0 aliphatic carbocycles. The zero-order valence-corrected chi connectivity index (χ0v) is 18.4. The smallest absolute Gasteiger partial charge is 0.338 e. The Bertz CT molecular complexity index is 1080. The molecule has 0 spiro atoms. The molecule has 0 atom stereocenters. The Morgan fingerprint density at radius 2 is 1.90 bits per heavy atom. The fraction of sp³-hybridized carbons (Fsp3) is 0.364. The van der Waals surface area contributed by atoms with Gasteiger partial charge in [0.05, 0.1) is 12.7 Å². The average molecular weight is 478 g/mol. The van der Waals surface area contributed by atoms with Crippen molar-refractivity contribution in [3.8, 4) is 0 Å². The number of rotatable bonds is 4. The van der Waals surface area contributed by atoms with Crippen LogP contribution in [-0.4, -0.2) is 40.6 Å². The average Bonchev–Trinajstić information content (AvgIpc) is 3.05. The maximum atomic E-state index is 14.6. The summed E-state index contributed by atoms with van der Waals surface area (Å²) < 4.78 is 36.8. The van der Waals surface area contributed by atoms with Crippen molar-refractivity contribution in [2.75, 3.05) is 20.2 Å². The van der Waals surface area contributed by atoms with E-state index in [2.05, 4.69) is 41.2 Å². The maximum Gasteiger partial charge on any atom is 0.338 e. The van der Waals surface area contributed by atoms with Crippen LogP contribution in [0, 0.1) is 11.6 Å². The minimum atomic E-state index is -0.745. The molecule has 8 heteroatoms. The van der Waals surface area contributed by atoms with Gasteiger partial charge in [-0.25, -0.2) is 18.6 Å². The SMILES string of the molecule is COC(=O)c1cc(F)c(C2CCN(Cc3cc4c(Br)ccnc4n3C)CC2)c(F)c1. The molecule has 30 heavy (non-hydrogen) atoms. The highest BCUT2D eigenvalue weighted by Gasteiger charge is 2.27. The standard InChI is InChI=1S/C22H22BrF2N3O2/c1-27-15(11-16-17(23)3-6-26-21(16)27)12-28-7-4-13(5-8-28)20-18(24)9-14(10-19(20)25)22(29)30-2/h3,6,9-11,13H,4-5,7-8,12H2,1-2H3. The number of fused-ring (bicyclic) bond motifs is 1. The van der Waals surface area contributed by atoms with Gasteiger partial charge >= 0.3 is 5.97 Å². The van der Waals surface area contributed by atoms with Crippen molar-refractivity contribution in [1.82, 2.24) is 14.5 Å². The number of aromatic nitrogens is 2. The van der Waals surface area contributed by atoms with Crippen LogP contribution >= 0.6 is 15.9 Å². The van der Waals surface area contributed by atoms with Crippen LogP contribution in [0.2, 0.25) is 0 Å². The third-order valence-electron chi connectivity index (χ3n) is 5.86. The van der Waals surface area contributed by atoms with Gasteiger partial charge in [-0.15, -0.1) is 0 Å². The number of aryl methyl sites for hydroxylation is 1. The van der Waals surface area contributed by atoms with Gasteiger partial charge in [0.2, 0.25) is 0 Å². The summed E-state index contributed by atoms with van der Waals surface area (Å²) in [7, 11) is 3.18. The van der Waals surface area contributed by atoms with Crippen molar-refractivity contribution >= 4 is 32.9 Å². The number of ether oxygens (including phenoxy) is 1. The summed E-state index contributed by atoms with van der Waals surface area (Å²) in [5.41, 5.74) is 2.02. The van der Waals surface area contributed by atoms with Crippen molar-refractivity contribution in [3.05, 3.63) is 63.4 Å². The van der Waals surface area contributed by atoms with E-state index in [-0.39, 0.29) is 17.0 Å². The van der Waals surface area contributed by atoms with Gasteiger partial charge in [0.1, 0.15) is 17.3 Å². The van der Waals surface area contributed by atoms with E-state index < -0.39 is 17.6 Å². The van der Waals surface area contributed by atoms with E-state index in [0.717, 1.165) is 53.0 Å². The van der Waals surface area contributed by atoms with Gasteiger partial charge in [-0.1, -0.05) is 0 Å². The summed E-state index contributed by atoms with van der Waals surface area (Å²) in [6.07, 6.45) is 3.07. The van der Waals surface area contributed by atoms with E-state index in [1.165, 1.54) is 7.11 Å². The zero-order valence-electron chi connectivity index (χ0n) is 16.8. The molecular formula is C22H22BrF2N3O2. The van der Waals surface area contributed by atoms with Gasteiger partial charge in [0, 0.05) is 40.9 Å². The van der Waals surface area contributed by atoms with E-state index >= 15 is 0 Å². The van der Waals surface area contributed by atoms with Crippen LogP contribution in [0.4, 0.5) is 8.78 Å². The monoisotopic (exact) mass is 477 g/mol. The Labute approximate surface area is 181 Å². The number of pyridine rings is 1. The van der Waals surface area contributed by atoms with Gasteiger partial charge in [-0.05, 0) is 72.0 Å². The first-order chi connectivity index (χ1) is 14.4. The summed E-state index contributed by atoms with van der Waals surface area (Å²) >= 11 is 3.57. The normalized spacial score (nSPS) is 15.6. The van der Waals surface area contributed by atoms with E-state index in [4.69, 9.17) is 0 Å². The molecule has 1 aliphatic heterocycles. The zero-order chi connectivity index (χ0) is 21.4. The number of nitrogens with zero attached hydrogens (tertiary/aromatic N) is 3. The molecule has 0 unspecified atom stereocenters. The molecule has 1 saturated heterocycles. The van der Waals surface area contributed by atoms with Crippen LogP contribution < -0.4 is 0 Å². The molecule has 0 amide bonds. The van der Waals surface area contributed by atoms with E-state index in [0.29, 0.717) is 12.8 Å². The highest BCUT2D eigenvalue weighted by Crippen LogP contribution is 2.33. The largest absolute Gasteiger partial charge is 0.465 e. The van der Waals surface area contributed by atoms with Gasteiger partial charge in [-0.3, -0.25) is 4.90 Å². The lowest BCUT2D eigenvalue weighted by molar-refractivity contribution is 0.0599. The van der Waals surface area contributed by atoms with Crippen LogP contribution in [0.25, 0.3) is 11.0 Å². The molecule has 0 N–H and O–H groups in total. The minimum Gasteiger partial charge on any atom is -0.465 e. The summed E-state index contributed by atoms with van der Waals surface area (Å²) in [6, 6.07) is 6.18.